The summed E-state index contributed by atoms with van der Waals surface area (Å²) < 4.78 is 10.6. The second-order valence-corrected chi connectivity index (χ2v) is 7.03. The maximum absolute atomic E-state index is 13.5. The molecule has 9 nitrogen and oxygen atoms in total. The van der Waals surface area contributed by atoms with E-state index in [0.29, 0.717) is 22.7 Å². The van der Waals surface area contributed by atoms with Crippen LogP contribution in [-0.2, 0) is 9.59 Å². The fraction of sp³-hybridized carbons (Fsp3) is 0.0833. The number of carbonyl (C=O) groups excluding carboxylic acids is 2. The molecule has 3 aromatic carbocycles. The summed E-state index contributed by atoms with van der Waals surface area (Å²) in [5, 5.41) is 14.1. The topological polar surface area (TPSA) is 111 Å². The van der Waals surface area contributed by atoms with E-state index >= 15 is 0 Å². The van der Waals surface area contributed by atoms with Crippen molar-refractivity contribution in [2.24, 2.45) is 0 Å². The lowest BCUT2D eigenvalue weighted by Gasteiger charge is -2.18. The predicted molar refractivity (Wildman–Crippen MR) is 122 cm³/mol. The number of nitrogens with one attached hydrogen (secondary N) is 1. The van der Waals surface area contributed by atoms with Crippen LogP contribution in [0, 0.1) is 10.1 Å². The van der Waals surface area contributed by atoms with Gasteiger partial charge in [-0.1, -0.05) is 18.2 Å². The third-order valence-electron chi connectivity index (χ3n) is 5.12. The summed E-state index contributed by atoms with van der Waals surface area (Å²) in [6, 6.07) is 19.0. The summed E-state index contributed by atoms with van der Waals surface area (Å²) in [6.45, 7) is 0. The number of hydrogen-bond acceptors (Lipinski definition) is 7. The summed E-state index contributed by atoms with van der Waals surface area (Å²) in [6.07, 6.45) is 0. The van der Waals surface area contributed by atoms with Crippen molar-refractivity contribution in [1.82, 2.24) is 0 Å². The van der Waals surface area contributed by atoms with Crippen molar-refractivity contribution in [3.63, 3.8) is 0 Å². The van der Waals surface area contributed by atoms with Crippen molar-refractivity contribution in [2.75, 3.05) is 24.4 Å². The van der Waals surface area contributed by atoms with Gasteiger partial charge in [0.25, 0.3) is 17.5 Å². The lowest BCUT2D eigenvalue weighted by Crippen LogP contribution is -2.32. The highest BCUT2D eigenvalue weighted by Gasteiger charge is 2.41. The number of non-ortho nitro benzene ring substituents is 1. The summed E-state index contributed by atoms with van der Waals surface area (Å²) in [4.78, 5) is 38.6. The van der Waals surface area contributed by atoms with E-state index in [0.717, 1.165) is 4.90 Å². The van der Waals surface area contributed by atoms with E-state index in [-0.39, 0.29) is 22.6 Å². The first kappa shape index (κ1) is 21.6. The van der Waals surface area contributed by atoms with Crippen LogP contribution in [0.3, 0.4) is 0 Å². The molecule has 4 rings (SSSR count). The molecule has 0 aliphatic carbocycles. The zero-order valence-electron chi connectivity index (χ0n) is 17.8. The van der Waals surface area contributed by atoms with Crippen LogP contribution >= 0.6 is 0 Å². The highest BCUT2D eigenvalue weighted by molar-refractivity contribution is 6.46. The van der Waals surface area contributed by atoms with Crippen molar-refractivity contribution in [2.45, 2.75) is 0 Å². The van der Waals surface area contributed by atoms with Crippen molar-refractivity contribution < 1.29 is 24.0 Å². The Morgan fingerprint density at radius 1 is 0.879 bits per heavy atom. The van der Waals surface area contributed by atoms with Crippen molar-refractivity contribution >= 4 is 34.4 Å². The van der Waals surface area contributed by atoms with E-state index in [1.165, 1.54) is 38.5 Å². The Morgan fingerprint density at radius 3 is 2.27 bits per heavy atom. The Morgan fingerprint density at radius 2 is 1.61 bits per heavy atom. The summed E-state index contributed by atoms with van der Waals surface area (Å²) in [5.74, 6) is -0.245. The minimum Gasteiger partial charge on any atom is -0.497 e. The molecule has 2 amide bonds. The van der Waals surface area contributed by atoms with E-state index in [1.54, 1.807) is 48.5 Å². The second-order valence-electron chi connectivity index (χ2n) is 7.03. The first-order chi connectivity index (χ1) is 15.9. The molecule has 0 bridgehead atoms. The molecule has 1 heterocycles. The van der Waals surface area contributed by atoms with Gasteiger partial charge in [0.2, 0.25) is 0 Å². The van der Waals surface area contributed by atoms with Crippen LogP contribution in [0.25, 0.3) is 5.57 Å². The number of benzene rings is 3. The summed E-state index contributed by atoms with van der Waals surface area (Å²) in [7, 11) is 2.97. The third-order valence-corrected chi connectivity index (χ3v) is 5.12. The molecule has 0 aromatic heterocycles. The maximum atomic E-state index is 13.5. The van der Waals surface area contributed by atoms with Crippen LogP contribution in [0.1, 0.15) is 5.56 Å². The van der Waals surface area contributed by atoms with E-state index in [9.17, 15) is 19.7 Å². The quantitative estimate of drug-likeness (QED) is 0.332. The van der Waals surface area contributed by atoms with E-state index in [2.05, 4.69) is 5.32 Å². The minimum atomic E-state index is -0.583. The number of nitro groups is 1. The molecule has 166 valence electrons. The normalized spacial score (nSPS) is 13.3. The van der Waals surface area contributed by atoms with Crippen molar-refractivity contribution in [3.05, 3.63) is 94.2 Å². The van der Waals surface area contributed by atoms with Gasteiger partial charge in [0, 0.05) is 23.9 Å². The molecule has 33 heavy (non-hydrogen) atoms. The highest BCUT2D eigenvalue weighted by Crippen LogP contribution is 2.38. The molecule has 1 aliphatic rings. The van der Waals surface area contributed by atoms with Gasteiger partial charge >= 0.3 is 0 Å². The van der Waals surface area contributed by atoms with Crippen molar-refractivity contribution in [3.8, 4) is 11.5 Å². The van der Waals surface area contributed by atoms with Gasteiger partial charge in [-0.2, -0.15) is 0 Å². The van der Waals surface area contributed by atoms with E-state index in [1.807, 2.05) is 0 Å². The molecule has 3 aromatic rings. The Kier molecular flexibility index (Phi) is 5.77. The standard InChI is InChI=1S/C24H19N3O6/c1-32-18-7-5-6-16(14-18)25-22-21(15-10-12-17(13-11-15)27(30)31)23(28)26(24(22)29)19-8-3-4-9-20(19)33-2/h3-14,25H,1-2H3. The highest BCUT2D eigenvalue weighted by atomic mass is 16.6. The van der Waals surface area contributed by atoms with Crippen LogP contribution in [0.4, 0.5) is 17.1 Å². The van der Waals surface area contributed by atoms with Crippen LogP contribution < -0.4 is 19.7 Å². The Balaban J connectivity index is 1.84. The zero-order chi connectivity index (χ0) is 23.5. The van der Waals surface area contributed by atoms with E-state index < -0.39 is 16.7 Å². The Bertz CT molecular complexity index is 1280. The predicted octanol–water partition coefficient (Wildman–Crippen LogP) is 4.01. The third kappa shape index (κ3) is 3.99. The number of ether oxygens (including phenoxy) is 2. The molecule has 9 heteroatoms. The molecule has 1 N–H and O–H groups in total. The molecule has 0 radical (unpaired) electrons. The number of carbonyl (C=O) groups is 2. The second kappa shape index (κ2) is 8.83. The Labute approximate surface area is 189 Å². The average Bonchev–Trinajstić information content (AvgIpc) is 3.08. The molecule has 0 saturated heterocycles. The number of imide groups is 1. The number of para-hydroxylation sites is 2. The van der Waals surface area contributed by atoms with Crippen LogP contribution in [0.2, 0.25) is 0 Å². The molecule has 0 fully saturated rings. The molecular weight excluding hydrogens is 426 g/mol. The molecule has 0 saturated carbocycles. The van der Waals surface area contributed by atoms with Crippen LogP contribution in [0.15, 0.2) is 78.5 Å². The van der Waals surface area contributed by atoms with Gasteiger partial charge in [-0.3, -0.25) is 19.7 Å². The smallest absolute Gasteiger partial charge is 0.282 e. The fourth-order valence-corrected chi connectivity index (χ4v) is 3.54. The molecule has 0 spiro atoms. The van der Waals surface area contributed by atoms with Gasteiger partial charge in [-0.05, 0) is 42.0 Å². The van der Waals surface area contributed by atoms with Gasteiger partial charge in [-0.15, -0.1) is 0 Å². The molecule has 0 unspecified atom stereocenters. The Hall–Kier alpha value is -4.66. The number of anilines is 2. The largest absolute Gasteiger partial charge is 0.497 e. The number of amides is 2. The first-order valence-corrected chi connectivity index (χ1v) is 9.86. The molecule has 0 atom stereocenters. The SMILES string of the molecule is COc1cccc(NC2=C(c3ccc([N+](=O)[O-])cc3)C(=O)N(c3ccccc3OC)C2=O)c1. The molecular formula is C24H19N3O6. The van der Waals surface area contributed by atoms with Gasteiger partial charge in [0.15, 0.2) is 0 Å². The number of hydrogen-bond donors (Lipinski definition) is 1. The van der Waals surface area contributed by atoms with Gasteiger partial charge in [-0.25, -0.2) is 4.90 Å². The van der Waals surface area contributed by atoms with Crippen molar-refractivity contribution in [1.29, 1.82) is 0 Å². The number of nitro benzene ring substituents is 1. The first-order valence-electron chi connectivity index (χ1n) is 9.86. The maximum Gasteiger partial charge on any atom is 0.282 e. The van der Waals surface area contributed by atoms with Crippen LogP contribution in [-0.4, -0.2) is 31.0 Å². The summed E-state index contributed by atoms with van der Waals surface area (Å²) in [5.41, 5.74) is 1.18. The minimum absolute atomic E-state index is 0.0352. The summed E-state index contributed by atoms with van der Waals surface area (Å²) >= 11 is 0. The fourth-order valence-electron chi connectivity index (χ4n) is 3.54. The lowest BCUT2D eigenvalue weighted by molar-refractivity contribution is -0.384. The molecule has 1 aliphatic heterocycles. The average molecular weight is 445 g/mol. The zero-order valence-corrected chi connectivity index (χ0v) is 17.8. The number of methoxy groups -OCH3 is 2. The van der Waals surface area contributed by atoms with Gasteiger partial charge < -0.3 is 14.8 Å². The monoisotopic (exact) mass is 445 g/mol. The number of rotatable bonds is 7. The number of nitrogens with zero attached hydrogens (tertiary/aromatic N) is 2. The van der Waals surface area contributed by atoms with E-state index in [4.69, 9.17) is 9.47 Å². The van der Waals surface area contributed by atoms with Crippen LogP contribution in [0.5, 0.6) is 11.5 Å². The lowest BCUT2D eigenvalue weighted by atomic mass is 10.0. The van der Waals surface area contributed by atoms with Gasteiger partial charge in [0.05, 0.1) is 30.4 Å². The van der Waals surface area contributed by atoms with Gasteiger partial charge in [0.1, 0.15) is 17.2 Å².